The number of nitrogens with one attached hydrogen (secondary N) is 1. The van der Waals surface area contributed by atoms with Gasteiger partial charge in [-0.15, -0.1) is 0 Å². The molecule has 2 aliphatic rings. The molecule has 1 atom stereocenters. The van der Waals surface area contributed by atoms with Gasteiger partial charge in [-0.05, 0) is 51.1 Å². The van der Waals surface area contributed by atoms with Gasteiger partial charge in [0, 0.05) is 32.3 Å². The highest BCUT2D eigenvalue weighted by molar-refractivity contribution is 4.73. The highest BCUT2D eigenvalue weighted by atomic mass is 16.5. The van der Waals surface area contributed by atoms with E-state index in [4.69, 9.17) is 4.74 Å². The van der Waals surface area contributed by atoms with Crippen LogP contribution in [-0.2, 0) is 4.74 Å². The second-order valence-corrected chi connectivity index (χ2v) is 6.27. The first-order valence-corrected chi connectivity index (χ1v) is 8.42. The van der Waals surface area contributed by atoms with Crippen molar-refractivity contribution in [2.75, 3.05) is 39.4 Å². The van der Waals surface area contributed by atoms with E-state index < -0.39 is 0 Å². The summed E-state index contributed by atoms with van der Waals surface area (Å²) in [6, 6.07) is 0.702. The van der Waals surface area contributed by atoms with E-state index in [2.05, 4.69) is 17.1 Å². The van der Waals surface area contributed by atoms with Crippen molar-refractivity contribution in [1.82, 2.24) is 10.2 Å². The zero-order valence-corrected chi connectivity index (χ0v) is 12.7. The van der Waals surface area contributed by atoms with E-state index in [9.17, 15) is 0 Å². The third kappa shape index (κ3) is 5.80. The van der Waals surface area contributed by atoms with Gasteiger partial charge in [-0.3, -0.25) is 0 Å². The molecule has 2 rings (SSSR count). The third-order valence-electron chi connectivity index (χ3n) is 4.72. The SMILES string of the molecule is CCCC1CCCN(CCNC2CCOCC2)CC1. The number of hydrogen-bond donors (Lipinski definition) is 1. The molecule has 0 radical (unpaired) electrons. The maximum absolute atomic E-state index is 5.40. The minimum Gasteiger partial charge on any atom is -0.381 e. The van der Waals surface area contributed by atoms with Gasteiger partial charge >= 0.3 is 0 Å². The van der Waals surface area contributed by atoms with Crippen LogP contribution in [-0.4, -0.2) is 50.3 Å². The smallest absolute Gasteiger partial charge is 0.0480 e. The van der Waals surface area contributed by atoms with E-state index in [0.29, 0.717) is 6.04 Å². The molecular weight excluding hydrogens is 236 g/mol. The lowest BCUT2D eigenvalue weighted by Crippen LogP contribution is -2.40. The van der Waals surface area contributed by atoms with Gasteiger partial charge in [-0.1, -0.05) is 19.8 Å². The summed E-state index contributed by atoms with van der Waals surface area (Å²) in [5.74, 6) is 0.999. The predicted octanol–water partition coefficient (Wildman–Crippen LogP) is 2.66. The predicted molar refractivity (Wildman–Crippen MR) is 80.5 cm³/mol. The Morgan fingerprint density at radius 3 is 2.74 bits per heavy atom. The molecule has 3 heteroatoms. The van der Waals surface area contributed by atoms with E-state index in [-0.39, 0.29) is 0 Å². The summed E-state index contributed by atoms with van der Waals surface area (Å²) in [4.78, 5) is 2.67. The lowest BCUT2D eigenvalue weighted by Gasteiger charge is -2.25. The molecule has 0 bridgehead atoms. The van der Waals surface area contributed by atoms with E-state index in [1.54, 1.807) is 0 Å². The molecule has 0 aromatic heterocycles. The zero-order valence-electron chi connectivity index (χ0n) is 12.7. The summed E-state index contributed by atoms with van der Waals surface area (Å²) in [5.41, 5.74) is 0. The molecule has 0 aliphatic carbocycles. The first-order chi connectivity index (χ1) is 9.38. The lowest BCUT2D eigenvalue weighted by molar-refractivity contribution is 0.0772. The maximum Gasteiger partial charge on any atom is 0.0480 e. The Labute approximate surface area is 119 Å². The van der Waals surface area contributed by atoms with Crippen LogP contribution in [0.3, 0.4) is 0 Å². The molecule has 2 aliphatic heterocycles. The van der Waals surface area contributed by atoms with E-state index in [1.807, 2.05) is 0 Å². The van der Waals surface area contributed by atoms with Crippen molar-refractivity contribution in [3.8, 4) is 0 Å². The van der Waals surface area contributed by atoms with Crippen LogP contribution < -0.4 is 5.32 Å². The number of ether oxygens (including phenoxy) is 1. The minimum atomic E-state index is 0.702. The molecule has 0 saturated carbocycles. The first kappa shape index (κ1) is 15.3. The Kier molecular flexibility index (Phi) is 7.18. The van der Waals surface area contributed by atoms with Gasteiger partial charge in [0.15, 0.2) is 0 Å². The second-order valence-electron chi connectivity index (χ2n) is 6.27. The molecule has 0 aromatic rings. The van der Waals surface area contributed by atoms with Crippen LogP contribution >= 0.6 is 0 Å². The molecule has 2 heterocycles. The average Bonchev–Trinajstić information content (AvgIpc) is 2.66. The monoisotopic (exact) mass is 268 g/mol. The van der Waals surface area contributed by atoms with Gasteiger partial charge in [-0.25, -0.2) is 0 Å². The van der Waals surface area contributed by atoms with Gasteiger partial charge in [0.2, 0.25) is 0 Å². The Balaban J connectivity index is 1.57. The fraction of sp³-hybridized carbons (Fsp3) is 1.00. The molecule has 2 saturated heterocycles. The van der Waals surface area contributed by atoms with Crippen LogP contribution in [0.4, 0.5) is 0 Å². The van der Waals surface area contributed by atoms with Crippen LogP contribution in [0.25, 0.3) is 0 Å². The zero-order chi connectivity index (χ0) is 13.3. The van der Waals surface area contributed by atoms with Crippen LogP contribution in [0.2, 0.25) is 0 Å². The fourth-order valence-electron chi connectivity index (χ4n) is 3.47. The van der Waals surface area contributed by atoms with E-state index >= 15 is 0 Å². The summed E-state index contributed by atoms with van der Waals surface area (Å²) >= 11 is 0. The van der Waals surface area contributed by atoms with Crippen LogP contribution in [0.5, 0.6) is 0 Å². The summed E-state index contributed by atoms with van der Waals surface area (Å²) < 4.78 is 5.40. The molecule has 1 N–H and O–H groups in total. The van der Waals surface area contributed by atoms with Crippen molar-refractivity contribution in [2.45, 2.75) is 57.9 Å². The molecule has 0 aromatic carbocycles. The van der Waals surface area contributed by atoms with Crippen LogP contribution in [0.1, 0.15) is 51.9 Å². The van der Waals surface area contributed by atoms with Crippen molar-refractivity contribution in [2.24, 2.45) is 5.92 Å². The maximum atomic E-state index is 5.40. The van der Waals surface area contributed by atoms with Crippen molar-refractivity contribution >= 4 is 0 Å². The Morgan fingerprint density at radius 1 is 1.11 bits per heavy atom. The van der Waals surface area contributed by atoms with E-state index in [0.717, 1.165) is 25.7 Å². The van der Waals surface area contributed by atoms with Gasteiger partial charge in [-0.2, -0.15) is 0 Å². The number of rotatable bonds is 6. The lowest BCUT2D eigenvalue weighted by atomic mass is 9.96. The Morgan fingerprint density at radius 2 is 1.95 bits per heavy atom. The normalized spacial score (nSPS) is 27.3. The number of likely N-dealkylation sites (tertiary alicyclic amines) is 1. The van der Waals surface area contributed by atoms with Crippen molar-refractivity contribution in [3.05, 3.63) is 0 Å². The van der Waals surface area contributed by atoms with Crippen molar-refractivity contribution in [1.29, 1.82) is 0 Å². The molecule has 1 unspecified atom stereocenters. The van der Waals surface area contributed by atoms with Gasteiger partial charge in [0.25, 0.3) is 0 Å². The standard InChI is InChI=1S/C16H32N2O/c1-2-4-15-5-3-10-18(11-6-15)12-9-17-16-7-13-19-14-8-16/h15-17H,2-14H2,1H3. The Bertz CT molecular complexity index is 229. The largest absolute Gasteiger partial charge is 0.381 e. The summed E-state index contributed by atoms with van der Waals surface area (Å²) in [6.45, 7) is 9.23. The summed E-state index contributed by atoms with van der Waals surface area (Å²) in [6.07, 6.45) is 9.46. The van der Waals surface area contributed by atoms with Gasteiger partial charge in [0.05, 0.1) is 0 Å². The molecule has 2 fully saturated rings. The highest BCUT2D eigenvalue weighted by Crippen LogP contribution is 2.21. The van der Waals surface area contributed by atoms with Crippen molar-refractivity contribution < 1.29 is 4.74 Å². The molecule has 0 amide bonds. The third-order valence-corrected chi connectivity index (χ3v) is 4.72. The van der Waals surface area contributed by atoms with Crippen LogP contribution in [0, 0.1) is 5.92 Å². The number of hydrogen-bond acceptors (Lipinski definition) is 3. The summed E-state index contributed by atoms with van der Waals surface area (Å²) in [5, 5.41) is 3.70. The van der Waals surface area contributed by atoms with Crippen LogP contribution in [0.15, 0.2) is 0 Å². The van der Waals surface area contributed by atoms with Crippen molar-refractivity contribution in [3.63, 3.8) is 0 Å². The number of nitrogens with zero attached hydrogens (tertiary/aromatic N) is 1. The fourth-order valence-corrected chi connectivity index (χ4v) is 3.47. The summed E-state index contributed by atoms with van der Waals surface area (Å²) in [7, 11) is 0. The Hall–Kier alpha value is -0.120. The van der Waals surface area contributed by atoms with Gasteiger partial charge in [0.1, 0.15) is 0 Å². The molecule has 0 spiro atoms. The minimum absolute atomic E-state index is 0.702. The molecule has 112 valence electrons. The molecule has 19 heavy (non-hydrogen) atoms. The molecule has 3 nitrogen and oxygen atoms in total. The second kappa shape index (κ2) is 8.93. The average molecular weight is 268 g/mol. The topological polar surface area (TPSA) is 24.5 Å². The highest BCUT2D eigenvalue weighted by Gasteiger charge is 2.17. The quantitative estimate of drug-likeness (QED) is 0.801. The molecular formula is C16H32N2O. The van der Waals surface area contributed by atoms with Gasteiger partial charge < -0.3 is 15.0 Å². The first-order valence-electron chi connectivity index (χ1n) is 8.42. The van der Waals surface area contributed by atoms with E-state index in [1.165, 1.54) is 64.6 Å².